The Morgan fingerprint density at radius 2 is 1.76 bits per heavy atom. The first-order valence-electron chi connectivity index (χ1n) is 11.2. The summed E-state index contributed by atoms with van der Waals surface area (Å²) < 4.78 is 0. The maximum Gasteiger partial charge on any atom is 0.252 e. The lowest BCUT2D eigenvalue weighted by molar-refractivity contribution is 0.568. The molecule has 4 heterocycles. The normalized spacial score (nSPS) is 14.0. The van der Waals surface area contributed by atoms with Crippen molar-refractivity contribution in [2.75, 3.05) is 23.3 Å². The van der Waals surface area contributed by atoms with E-state index in [1.54, 1.807) is 6.20 Å². The summed E-state index contributed by atoms with van der Waals surface area (Å²) in [5, 5.41) is 4.04. The summed E-state index contributed by atoms with van der Waals surface area (Å²) >= 11 is 0. The van der Waals surface area contributed by atoms with Crippen molar-refractivity contribution >= 4 is 28.7 Å². The summed E-state index contributed by atoms with van der Waals surface area (Å²) in [4.78, 5) is 40.3. The van der Waals surface area contributed by atoms with Crippen LogP contribution < -0.4 is 15.8 Å². The molecule has 1 saturated heterocycles. The van der Waals surface area contributed by atoms with Crippen LogP contribution in [0.3, 0.4) is 0 Å². The van der Waals surface area contributed by atoms with E-state index in [4.69, 9.17) is 0 Å². The van der Waals surface area contributed by atoms with Gasteiger partial charge < -0.3 is 4.90 Å². The Morgan fingerprint density at radius 3 is 2.55 bits per heavy atom. The predicted octanol–water partition coefficient (Wildman–Crippen LogP) is 3.83. The van der Waals surface area contributed by atoms with Crippen LogP contribution in [-0.4, -0.2) is 43.0 Å². The van der Waals surface area contributed by atoms with Crippen LogP contribution in [0, 0.1) is 20.8 Å². The second-order valence-corrected chi connectivity index (χ2v) is 8.47. The average Bonchev–Trinajstić information content (AvgIpc) is 2.80. The molecule has 0 amide bonds. The molecule has 0 atom stereocenters. The molecule has 0 aliphatic carbocycles. The fourth-order valence-corrected chi connectivity index (χ4v) is 4.16. The molecule has 0 radical (unpaired) electrons. The van der Waals surface area contributed by atoms with Gasteiger partial charge in [-0.3, -0.25) is 15.1 Å². The number of nitrogens with one attached hydrogen (secondary N) is 2. The number of fused-ring (bicyclic) bond motifs is 1. The summed E-state index contributed by atoms with van der Waals surface area (Å²) in [5.74, 6) is 1.37. The van der Waals surface area contributed by atoms with Crippen LogP contribution in [0.1, 0.15) is 36.2 Å². The predicted molar refractivity (Wildman–Crippen MR) is 129 cm³/mol. The lowest BCUT2D eigenvalue weighted by Crippen LogP contribution is -2.31. The highest BCUT2D eigenvalue weighted by atomic mass is 16.1. The largest absolute Gasteiger partial charge is 0.341 e. The minimum atomic E-state index is -0.282. The molecule has 4 aromatic rings. The zero-order chi connectivity index (χ0) is 22.9. The molecule has 0 saturated carbocycles. The van der Waals surface area contributed by atoms with Crippen LogP contribution in [0.5, 0.6) is 0 Å². The molecule has 2 N–H and O–H groups in total. The Bertz CT molecular complexity index is 1390. The number of hydrogen-bond donors (Lipinski definition) is 2. The standard InChI is InChI=1S/C24H26N8O/c1-14-7-8-19-17(11-14)15(2)26-22(28-19)31-23-29-20(12-21(33)30-23)18-13-25-24(27-16(18)3)32-9-5-4-6-10-32/h7-8,11-13H,4-6,9-10H2,1-3H3,(H2,26,28,29,30,31,33). The van der Waals surface area contributed by atoms with Gasteiger partial charge in [0.2, 0.25) is 17.8 Å². The van der Waals surface area contributed by atoms with Gasteiger partial charge in [0.15, 0.2) is 0 Å². The van der Waals surface area contributed by atoms with Crippen LogP contribution in [0.15, 0.2) is 35.3 Å². The van der Waals surface area contributed by atoms with Crippen LogP contribution in [0.25, 0.3) is 22.2 Å². The van der Waals surface area contributed by atoms with E-state index in [9.17, 15) is 4.79 Å². The van der Waals surface area contributed by atoms with Crippen LogP contribution in [0.4, 0.5) is 17.8 Å². The summed E-state index contributed by atoms with van der Waals surface area (Å²) in [6.45, 7) is 7.84. The molecule has 0 unspecified atom stereocenters. The first-order valence-corrected chi connectivity index (χ1v) is 11.2. The summed E-state index contributed by atoms with van der Waals surface area (Å²) in [6.07, 6.45) is 5.31. The van der Waals surface area contributed by atoms with Crippen LogP contribution in [0.2, 0.25) is 0 Å². The first-order chi connectivity index (χ1) is 16.0. The number of nitrogens with zero attached hydrogens (tertiary/aromatic N) is 6. The van der Waals surface area contributed by atoms with Crippen molar-refractivity contribution in [3.8, 4) is 11.3 Å². The van der Waals surface area contributed by atoms with Crippen molar-refractivity contribution in [1.29, 1.82) is 0 Å². The van der Waals surface area contributed by atoms with Crippen LogP contribution >= 0.6 is 0 Å². The van der Waals surface area contributed by atoms with Crippen molar-refractivity contribution in [3.63, 3.8) is 0 Å². The number of benzene rings is 1. The number of aryl methyl sites for hydroxylation is 3. The van der Waals surface area contributed by atoms with Gasteiger partial charge in [0.05, 0.1) is 22.6 Å². The lowest BCUT2D eigenvalue weighted by Gasteiger charge is -2.26. The highest BCUT2D eigenvalue weighted by Gasteiger charge is 2.16. The van der Waals surface area contributed by atoms with Crippen molar-refractivity contribution in [2.24, 2.45) is 0 Å². The quantitative estimate of drug-likeness (QED) is 0.490. The Balaban J connectivity index is 1.46. The van der Waals surface area contributed by atoms with Gasteiger partial charge >= 0.3 is 0 Å². The third-order valence-electron chi connectivity index (χ3n) is 5.90. The fraction of sp³-hybridized carbons (Fsp3) is 0.333. The smallest absolute Gasteiger partial charge is 0.252 e. The Hall–Kier alpha value is -3.88. The third-order valence-corrected chi connectivity index (χ3v) is 5.90. The van der Waals surface area contributed by atoms with Gasteiger partial charge in [-0.05, 0) is 52.2 Å². The monoisotopic (exact) mass is 442 g/mol. The average molecular weight is 443 g/mol. The molecule has 168 valence electrons. The van der Waals surface area contributed by atoms with Gasteiger partial charge in [-0.15, -0.1) is 0 Å². The van der Waals surface area contributed by atoms with Crippen molar-refractivity contribution < 1.29 is 0 Å². The minimum Gasteiger partial charge on any atom is -0.341 e. The van der Waals surface area contributed by atoms with Gasteiger partial charge in [0, 0.05) is 36.3 Å². The number of aromatic amines is 1. The molecule has 0 spiro atoms. The van der Waals surface area contributed by atoms with Crippen molar-refractivity contribution in [1.82, 2.24) is 29.9 Å². The number of hydrogen-bond acceptors (Lipinski definition) is 8. The first kappa shape index (κ1) is 21.0. The van der Waals surface area contributed by atoms with Crippen molar-refractivity contribution in [2.45, 2.75) is 40.0 Å². The second-order valence-electron chi connectivity index (χ2n) is 8.47. The van der Waals surface area contributed by atoms with Gasteiger partial charge in [-0.1, -0.05) is 11.6 Å². The van der Waals surface area contributed by atoms with Crippen LogP contribution in [-0.2, 0) is 0 Å². The van der Waals surface area contributed by atoms with Gasteiger partial charge in [-0.25, -0.2) is 24.9 Å². The van der Waals surface area contributed by atoms with Crippen molar-refractivity contribution in [3.05, 3.63) is 57.8 Å². The van der Waals surface area contributed by atoms with E-state index in [0.29, 0.717) is 11.6 Å². The van der Waals surface area contributed by atoms with Gasteiger partial charge in [-0.2, -0.15) is 0 Å². The molecule has 33 heavy (non-hydrogen) atoms. The Morgan fingerprint density at radius 1 is 0.939 bits per heavy atom. The van der Waals surface area contributed by atoms with Gasteiger partial charge in [0.25, 0.3) is 5.56 Å². The number of aromatic nitrogens is 6. The van der Waals surface area contributed by atoms with E-state index in [0.717, 1.165) is 65.3 Å². The maximum atomic E-state index is 12.4. The molecule has 1 aromatic carbocycles. The fourth-order valence-electron chi connectivity index (χ4n) is 4.16. The third kappa shape index (κ3) is 4.39. The number of H-pyrrole nitrogens is 1. The maximum absolute atomic E-state index is 12.4. The zero-order valence-corrected chi connectivity index (χ0v) is 19.0. The summed E-state index contributed by atoms with van der Waals surface area (Å²) in [7, 11) is 0. The summed E-state index contributed by atoms with van der Waals surface area (Å²) in [5.41, 5.74) is 4.54. The molecule has 3 aromatic heterocycles. The lowest BCUT2D eigenvalue weighted by atomic mass is 10.1. The van der Waals surface area contributed by atoms with E-state index in [2.05, 4.69) is 46.2 Å². The van der Waals surface area contributed by atoms with E-state index >= 15 is 0 Å². The number of piperidine rings is 1. The highest BCUT2D eigenvalue weighted by molar-refractivity contribution is 5.82. The zero-order valence-electron chi connectivity index (χ0n) is 19.0. The highest BCUT2D eigenvalue weighted by Crippen LogP contribution is 2.24. The molecule has 9 heteroatoms. The Kier molecular flexibility index (Phi) is 5.45. The topological polar surface area (TPSA) is 113 Å². The molecular weight excluding hydrogens is 416 g/mol. The SMILES string of the molecule is Cc1ccc2nc(Nc3nc(-c4cnc(N5CCCCC5)nc4C)cc(=O)[nH]3)nc(C)c2c1. The number of anilines is 3. The molecule has 1 fully saturated rings. The van der Waals surface area contributed by atoms with E-state index < -0.39 is 0 Å². The molecule has 5 rings (SSSR count). The van der Waals surface area contributed by atoms with E-state index in [1.165, 1.54) is 12.5 Å². The summed E-state index contributed by atoms with van der Waals surface area (Å²) in [6, 6.07) is 7.48. The molecule has 1 aliphatic rings. The van der Waals surface area contributed by atoms with E-state index in [-0.39, 0.29) is 11.5 Å². The Labute approximate surface area is 191 Å². The molecular formula is C24H26N8O. The minimum absolute atomic E-state index is 0.267. The molecule has 1 aliphatic heterocycles. The number of rotatable bonds is 4. The molecule has 9 nitrogen and oxygen atoms in total. The molecule has 0 bridgehead atoms. The van der Waals surface area contributed by atoms with Gasteiger partial charge in [0.1, 0.15) is 0 Å². The van der Waals surface area contributed by atoms with E-state index in [1.807, 2.05) is 32.9 Å². The second kappa shape index (κ2) is 8.57.